The zero-order valence-corrected chi connectivity index (χ0v) is 10.2. The SMILES string of the molecule is CC(C)(C)CNC(=O)C1(C(N)=NO)CCC1. The molecule has 0 saturated heterocycles. The van der Waals surface area contributed by atoms with Crippen molar-refractivity contribution in [3.05, 3.63) is 0 Å². The van der Waals surface area contributed by atoms with Crippen LogP contribution in [0.3, 0.4) is 0 Å². The fourth-order valence-electron chi connectivity index (χ4n) is 1.74. The van der Waals surface area contributed by atoms with E-state index < -0.39 is 5.41 Å². The van der Waals surface area contributed by atoms with E-state index in [-0.39, 0.29) is 17.2 Å². The molecule has 92 valence electrons. The van der Waals surface area contributed by atoms with Gasteiger partial charge in [0, 0.05) is 6.54 Å². The monoisotopic (exact) mass is 227 g/mol. The van der Waals surface area contributed by atoms with Gasteiger partial charge in [-0.15, -0.1) is 0 Å². The van der Waals surface area contributed by atoms with Crippen LogP contribution in [0.1, 0.15) is 40.0 Å². The fourth-order valence-corrected chi connectivity index (χ4v) is 1.74. The number of hydrogen-bond donors (Lipinski definition) is 3. The first-order valence-corrected chi connectivity index (χ1v) is 5.58. The Labute approximate surface area is 96.1 Å². The summed E-state index contributed by atoms with van der Waals surface area (Å²) < 4.78 is 0. The van der Waals surface area contributed by atoms with E-state index in [1.54, 1.807) is 0 Å². The maximum Gasteiger partial charge on any atom is 0.233 e. The molecular formula is C11H21N3O2. The molecule has 4 N–H and O–H groups in total. The number of amidine groups is 1. The van der Waals surface area contributed by atoms with Gasteiger partial charge in [-0.25, -0.2) is 0 Å². The fraction of sp³-hybridized carbons (Fsp3) is 0.818. The number of nitrogens with two attached hydrogens (primary N) is 1. The molecule has 0 heterocycles. The first-order chi connectivity index (χ1) is 7.32. The molecule has 1 aliphatic carbocycles. The van der Waals surface area contributed by atoms with Gasteiger partial charge < -0.3 is 16.3 Å². The molecule has 1 saturated carbocycles. The summed E-state index contributed by atoms with van der Waals surface area (Å²) >= 11 is 0. The van der Waals surface area contributed by atoms with Gasteiger partial charge in [-0.1, -0.05) is 32.3 Å². The molecule has 0 aromatic rings. The minimum atomic E-state index is -0.764. The van der Waals surface area contributed by atoms with Crippen LogP contribution in [0.5, 0.6) is 0 Å². The van der Waals surface area contributed by atoms with Crippen LogP contribution in [-0.2, 0) is 4.79 Å². The Morgan fingerprint density at radius 2 is 2.06 bits per heavy atom. The highest BCUT2D eigenvalue weighted by Crippen LogP contribution is 2.41. The van der Waals surface area contributed by atoms with Crippen LogP contribution in [-0.4, -0.2) is 23.5 Å². The molecule has 1 aliphatic rings. The lowest BCUT2D eigenvalue weighted by Crippen LogP contribution is -2.55. The second kappa shape index (κ2) is 4.31. The van der Waals surface area contributed by atoms with E-state index in [4.69, 9.17) is 10.9 Å². The predicted molar refractivity (Wildman–Crippen MR) is 62.2 cm³/mol. The number of nitrogens with zero attached hydrogens (tertiary/aromatic N) is 1. The second-order valence-electron chi connectivity index (χ2n) is 5.66. The summed E-state index contributed by atoms with van der Waals surface area (Å²) in [5, 5.41) is 14.5. The number of nitrogens with one attached hydrogen (secondary N) is 1. The number of carbonyl (C=O) groups is 1. The summed E-state index contributed by atoms with van der Waals surface area (Å²) in [6.45, 7) is 6.73. The molecular weight excluding hydrogens is 206 g/mol. The third kappa shape index (κ3) is 2.46. The summed E-state index contributed by atoms with van der Waals surface area (Å²) in [4.78, 5) is 12.0. The lowest BCUT2D eigenvalue weighted by molar-refractivity contribution is -0.131. The van der Waals surface area contributed by atoms with Gasteiger partial charge in [0.15, 0.2) is 5.84 Å². The van der Waals surface area contributed by atoms with Crippen molar-refractivity contribution in [2.75, 3.05) is 6.54 Å². The molecule has 1 amide bonds. The van der Waals surface area contributed by atoms with Gasteiger partial charge in [-0.3, -0.25) is 4.79 Å². The van der Waals surface area contributed by atoms with E-state index in [0.717, 1.165) is 6.42 Å². The number of oxime groups is 1. The normalized spacial score (nSPS) is 20.1. The Morgan fingerprint density at radius 1 is 1.50 bits per heavy atom. The highest BCUT2D eigenvalue weighted by atomic mass is 16.4. The molecule has 0 aromatic carbocycles. The molecule has 0 radical (unpaired) electrons. The molecule has 0 aromatic heterocycles. The largest absolute Gasteiger partial charge is 0.409 e. The second-order valence-corrected chi connectivity index (χ2v) is 5.66. The summed E-state index contributed by atoms with van der Waals surface area (Å²) in [5.74, 6) is -0.0888. The Balaban J connectivity index is 2.65. The average molecular weight is 227 g/mol. The first kappa shape index (κ1) is 12.8. The standard InChI is InChI=1S/C11H21N3O2/c1-10(2,3)7-13-9(15)11(5-4-6-11)8(12)14-16/h16H,4-7H2,1-3H3,(H2,12,14)(H,13,15). The van der Waals surface area contributed by atoms with Gasteiger partial charge >= 0.3 is 0 Å². The van der Waals surface area contributed by atoms with Crippen LogP contribution in [0.15, 0.2) is 5.16 Å². The van der Waals surface area contributed by atoms with Crippen LogP contribution in [0.4, 0.5) is 0 Å². The molecule has 5 nitrogen and oxygen atoms in total. The third-order valence-corrected chi connectivity index (χ3v) is 3.02. The van der Waals surface area contributed by atoms with E-state index in [9.17, 15) is 4.79 Å². The van der Waals surface area contributed by atoms with Gasteiger partial charge in [0.2, 0.25) is 5.91 Å². The van der Waals surface area contributed by atoms with Crippen molar-refractivity contribution in [3.8, 4) is 0 Å². The van der Waals surface area contributed by atoms with Crippen LogP contribution in [0.25, 0.3) is 0 Å². The number of hydrogen-bond acceptors (Lipinski definition) is 3. The summed E-state index contributed by atoms with van der Waals surface area (Å²) in [6.07, 6.45) is 2.27. The molecule has 1 fully saturated rings. The Kier molecular flexibility index (Phi) is 3.45. The van der Waals surface area contributed by atoms with Crippen molar-refractivity contribution >= 4 is 11.7 Å². The molecule has 0 aliphatic heterocycles. The van der Waals surface area contributed by atoms with Crippen LogP contribution >= 0.6 is 0 Å². The minimum absolute atomic E-state index is 0.0326. The highest BCUT2D eigenvalue weighted by Gasteiger charge is 2.48. The first-order valence-electron chi connectivity index (χ1n) is 5.58. The summed E-state index contributed by atoms with van der Waals surface area (Å²) in [7, 11) is 0. The van der Waals surface area contributed by atoms with E-state index in [2.05, 4.69) is 10.5 Å². The van der Waals surface area contributed by atoms with Gasteiger partial charge in [-0.05, 0) is 18.3 Å². The predicted octanol–water partition coefficient (Wildman–Crippen LogP) is 1.07. The number of rotatable bonds is 3. The Morgan fingerprint density at radius 3 is 2.38 bits per heavy atom. The smallest absolute Gasteiger partial charge is 0.233 e. The average Bonchev–Trinajstić information content (AvgIpc) is 2.11. The van der Waals surface area contributed by atoms with Crippen LogP contribution in [0.2, 0.25) is 0 Å². The van der Waals surface area contributed by atoms with Crippen LogP contribution in [0, 0.1) is 10.8 Å². The third-order valence-electron chi connectivity index (χ3n) is 3.02. The zero-order chi connectivity index (χ0) is 12.4. The maximum atomic E-state index is 12.0. The lowest BCUT2D eigenvalue weighted by atomic mass is 9.67. The molecule has 16 heavy (non-hydrogen) atoms. The molecule has 5 heteroatoms. The Hall–Kier alpha value is -1.26. The van der Waals surface area contributed by atoms with Crippen molar-refractivity contribution in [1.29, 1.82) is 0 Å². The zero-order valence-electron chi connectivity index (χ0n) is 10.2. The van der Waals surface area contributed by atoms with Crippen molar-refractivity contribution in [1.82, 2.24) is 5.32 Å². The van der Waals surface area contributed by atoms with Crippen molar-refractivity contribution in [2.45, 2.75) is 40.0 Å². The van der Waals surface area contributed by atoms with E-state index in [1.165, 1.54) is 0 Å². The van der Waals surface area contributed by atoms with E-state index in [0.29, 0.717) is 19.4 Å². The Bertz CT molecular complexity index is 301. The highest BCUT2D eigenvalue weighted by molar-refractivity contribution is 6.07. The number of carbonyl (C=O) groups excluding carboxylic acids is 1. The van der Waals surface area contributed by atoms with Crippen LogP contribution < -0.4 is 11.1 Å². The lowest BCUT2D eigenvalue weighted by Gasteiger charge is -2.39. The van der Waals surface area contributed by atoms with Gasteiger partial charge in [0.1, 0.15) is 5.41 Å². The molecule has 0 bridgehead atoms. The maximum absolute atomic E-state index is 12.0. The molecule has 1 rings (SSSR count). The van der Waals surface area contributed by atoms with Gasteiger partial charge in [0.25, 0.3) is 0 Å². The summed E-state index contributed by atoms with van der Waals surface area (Å²) in [5.41, 5.74) is 4.86. The molecule has 0 atom stereocenters. The van der Waals surface area contributed by atoms with Crippen molar-refractivity contribution < 1.29 is 10.0 Å². The van der Waals surface area contributed by atoms with Crippen molar-refractivity contribution in [3.63, 3.8) is 0 Å². The topological polar surface area (TPSA) is 87.7 Å². The van der Waals surface area contributed by atoms with E-state index in [1.807, 2.05) is 20.8 Å². The molecule has 0 spiro atoms. The van der Waals surface area contributed by atoms with Gasteiger partial charge in [-0.2, -0.15) is 0 Å². The van der Waals surface area contributed by atoms with E-state index >= 15 is 0 Å². The van der Waals surface area contributed by atoms with Crippen molar-refractivity contribution in [2.24, 2.45) is 21.7 Å². The number of amides is 1. The summed E-state index contributed by atoms with van der Waals surface area (Å²) in [6, 6.07) is 0. The molecule has 0 unspecified atom stereocenters. The van der Waals surface area contributed by atoms with Gasteiger partial charge in [0.05, 0.1) is 0 Å². The minimum Gasteiger partial charge on any atom is -0.409 e. The quantitative estimate of drug-likeness (QED) is 0.291.